The summed E-state index contributed by atoms with van der Waals surface area (Å²) >= 11 is 0. The molecule has 2 heterocycles. The lowest BCUT2D eigenvalue weighted by atomic mass is 10.2. The number of sulfonamides is 2. The molecule has 6 rings (SSSR count). The summed E-state index contributed by atoms with van der Waals surface area (Å²) in [5.74, 6) is -2.45. The molecule has 0 unspecified atom stereocenters. The minimum atomic E-state index is -4.41. The number of nitrogens with one attached hydrogen (secondary N) is 2. The first-order chi connectivity index (χ1) is 23.4. The molecule has 0 saturated carbocycles. The lowest BCUT2D eigenvalue weighted by molar-refractivity contribution is -0.706. The second-order valence-electron chi connectivity index (χ2n) is 10.3. The predicted octanol–water partition coefficient (Wildman–Crippen LogP) is 0.153. The maximum atomic E-state index is 13.4. The number of benzene rings is 4. The third-order valence-electron chi connectivity index (χ3n) is 7.06. The molecule has 2 aromatic heterocycles. The third kappa shape index (κ3) is 6.91. The number of hydrogen-bond donors (Lipinski definition) is 2. The smallest absolute Gasteiger partial charge is 0.368 e. The molecule has 0 radical (unpaired) electrons. The van der Waals surface area contributed by atoms with Gasteiger partial charge in [0.15, 0.2) is 11.9 Å². The molecule has 6 aromatic rings. The Hall–Kier alpha value is -5.47. The fourth-order valence-electron chi connectivity index (χ4n) is 4.61. The van der Waals surface area contributed by atoms with Gasteiger partial charge in [0.2, 0.25) is 21.2 Å². The molecule has 2 N–H and O–H groups in total. The Balaban J connectivity index is 1.22. The summed E-state index contributed by atoms with van der Waals surface area (Å²) in [5, 5.41) is 30.1. The monoisotopic (exact) mass is 724 g/mol. The van der Waals surface area contributed by atoms with Crippen LogP contribution in [-0.2, 0) is 43.0 Å². The second kappa shape index (κ2) is 13.2. The highest BCUT2D eigenvalue weighted by molar-refractivity contribution is 7.91. The maximum absolute atomic E-state index is 13.4. The van der Waals surface area contributed by atoms with Crippen molar-refractivity contribution in [2.45, 2.75) is 32.9 Å². The van der Waals surface area contributed by atoms with Crippen LogP contribution in [0.5, 0.6) is 11.9 Å². The van der Waals surface area contributed by atoms with Crippen LogP contribution < -0.4 is 29.0 Å². The molecule has 49 heavy (non-hydrogen) atoms. The van der Waals surface area contributed by atoms with Crippen LogP contribution in [0.15, 0.2) is 138 Å². The Bertz CT molecular complexity index is 2270. The standard InChI is InChI=1S/C30H24N6O10S3/c37-29-27(48(41,42)31-19-21-7-3-1-4-8-21)35(33-45-29)23-11-15-25(16-12-23)47(39,40)26-17-13-24(14-18-26)36-28(30(38)46-34-36)49(43,44)32-20-22-9-5-2-6-10-22/h1-18,31-32H,19-20H2. The van der Waals surface area contributed by atoms with Crippen molar-refractivity contribution in [1.82, 2.24) is 20.0 Å². The minimum Gasteiger partial charge on any atom is -0.538 e. The van der Waals surface area contributed by atoms with E-state index in [1.807, 2.05) is 0 Å². The van der Waals surface area contributed by atoms with Crippen molar-refractivity contribution in [1.29, 1.82) is 0 Å². The molecule has 0 aliphatic heterocycles. The number of hydrogen-bond acceptors (Lipinski definition) is 12. The second-order valence-corrected chi connectivity index (χ2v) is 15.6. The average molecular weight is 725 g/mol. The molecule has 0 saturated heterocycles. The van der Waals surface area contributed by atoms with Gasteiger partial charge in [-0.1, -0.05) is 60.7 Å². The lowest BCUT2D eigenvalue weighted by Crippen LogP contribution is -2.42. The van der Waals surface area contributed by atoms with E-state index in [-0.39, 0.29) is 34.3 Å². The molecule has 0 amide bonds. The number of aromatic nitrogens is 4. The summed E-state index contributed by atoms with van der Waals surface area (Å²) in [6, 6.07) is 26.8. The predicted molar refractivity (Wildman–Crippen MR) is 161 cm³/mol. The van der Waals surface area contributed by atoms with Gasteiger partial charge in [-0.05, 0) is 44.8 Å². The van der Waals surface area contributed by atoms with Gasteiger partial charge in [-0.25, -0.2) is 34.7 Å². The van der Waals surface area contributed by atoms with Gasteiger partial charge in [0.05, 0.1) is 20.3 Å². The van der Waals surface area contributed by atoms with E-state index in [4.69, 9.17) is 0 Å². The van der Waals surface area contributed by atoms with Gasteiger partial charge in [-0.2, -0.15) is 0 Å². The minimum absolute atomic E-state index is 0.0192. The van der Waals surface area contributed by atoms with Crippen LogP contribution in [0.3, 0.4) is 0 Å². The Morgan fingerprint density at radius 1 is 0.531 bits per heavy atom. The molecule has 16 nitrogen and oxygen atoms in total. The lowest BCUT2D eigenvalue weighted by Gasteiger charge is -2.06. The van der Waals surface area contributed by atoms with Crippen molar-refractivity contribution in [2.24, 2.45) is 0 Å². The number of rotatable bonds is 12. The van der Waals surface area contributed by atoms with E-state index in [0.29, 0.717) is 11.1 Å². The third-order valence-corrected chi connectivity index (χ3v) is 11.6. The van der Waals surface area contributed by atoms with Crippen molar-refractivity contribution in [3.63, 3.8) is 0 Å². The molecule has 0 bridgehead atoms. The summed E-state index contributed by atoms with van der Waals surface area (Å²) in [4.78, 5) is -0.405. The molecule has 252 valence electrons. The van der Waals surface area contributed by atoms with Crippen LogP contribution >= 0.6 is 0 Å². The molecule has 0 aliphatic carbocycles. The van der Waals surface area contributed by atoms with Crippen molar-refractivity contribution in [3.8, 4) is 23.3 Å². The SMILES string of the molecule is O=S(=O)(NCc1ccccc1)c1c([O-])on[n+]1-c1ccc(S(=O)(=O)c2ccc(-[n+]3noc([O-])c3S(=O)(=O)NCc3ccccc3)cc2)cc1. The number of nitrogens with zero attached hydrogens (tertiary/aromatic N) is 4. The van der Waals surface area contributed by atoms with Gasteiger partial charge in [0.25, 0.3) is 0 Å². The van der Waals surface area contributed by atoms with Gasteiger partial charge in [0, 0.05) is 37.4 Å². The van der Waals surface area contributed by atoms with E-state index in [0.717, 1.165) is 9.36 Å². The summed E-state index contributed by atoms with van der Waals surface area (Å²) < 4.78 is 94.2. The number of sulfone groups is 1. The summed E-state index contributed by atoms with van der Waals surface area (Å²) in [5.41, 5.74) is 1.32. The van der Waals surface area contributed by atoms with Crippen molar-refractivity contribution >= 4 is 29.9 Å². The van der Waals surface area contributed by atoms with Crippen molar-refractivity contribution in [3.05, 3.63) is 120 Å². The first-order valence-electron chi connectivity index (χ1n) is 14.1. The molecule has 4 aromatic carbocycles. The first kappa shape index (κ1) is 33.4. The largest absolute Gasteiger partial charge is 0.538 e. The molecule has 0 aliphatic rings. The Morgan fingerprint density at radius 3 is 1.22 bits per heavy atom. The fraction of sp³-hybridized carbons (Fsp3) is 0.0667. The Labute approximate surface area is 279 Å². The van der Waals surface area contributed by atoms with E-state index >= 15 is 0 Å². The van der Waals surface area contributed by atoms with Gasteiger partial charge in [0.1, 0.15) is 0 Å². The highest BCUT2D eigenvalue weighted by Gasteiger charge is 2.35. The van der Waals surface area contributed by atoms with E-state index < -0.39 is 51.8 Å². The quantitative estimate of drug-likeness (QED) is 0.161. The Kier molecular flexibility index (Phi) is 9.01. The van der Waals surface area contributed by atoms with Crippen LogP contribution in [0.4, 0.5) is 0 Å². The summed E-state index contributed by atoms with van der Waals surface area (Å²) in [6.07, 6.45) is 0. The first-order valence-corrected chi connectivity index (χ1v) is 18.5. The van der Waals surface area contributed by atoms with Crippen LogP contribution in [0.1, 0.15) is 11.1 Å². The summed E-state index contributed by atoms with van der Waals surface area (Å²) in [7, 11) is -13.0. The van der Waals surface area contributed by atoms with Gasteiger partial charge in [-0.15, -0.1) is 0 Å². The van der Waals surface area contributed by atoms with Crippen molar-refractivity contribution in [2.75, 3.05) is 0 Å². The van der Waals surface area contributed by atoms with Crippen LogP contribution in [0.25, 0.3) is 11.4 Å². The molecular weight excluding hydrogens is 701 g/mol. The van der Waals surface area contributed by atoms with Gasteiger partial charge >= 0.3 is 30.1 Å². The van der Waals surface area contributed by atoms with Crippen LogP contribution in [0.2, 0.25) is 0 Å². The van der Waals surface area contributed by atoms with Gasteiger partial charge < -0.3 is 19.3 Å². The van der Waals surface area contributed by atoms with Crippen LogP contribution in [-0.4, -0.2) is 35.8 Å². The van der Waals surface area contributed by atoms with Crippen LogP contribution in [0, 0.1) is 0 Å². The zero-order valence-corrected chi connectivity index (χ0v) is 27.4. The maximum Gasteiger partial charge on any atom is 0.368 e. The van der Waals surface area contributed by atoms with E-state index in [1.165, 1.54) is 48.5 Å². The average Bonchev–Trinajstić information content (AvgIpc) is 3.71. The van der Waals surface area contributed by atoms with E-state index in [2.05, 4.69) is 29.0 Å². The van der Waals surface area contributed by atoms with Gasteiger partial charge in [-0.3, -0.25) is 0 Å². The zero-order valence-electron chi connectivity index (χ0n) is 24.9. The topological polar surface area (TPSA) is 232 Å². The zero-order chi connectivity index (χ0) is 34.8. The summed E-state index contributed by atoms with van der Waals surface area (Å²) in [6.45, 7) is -0.224. The van der Waals surface area contributed by atoms with E-state index in [1.54, 1.807) is 60.7 Å². The fourth-order valence-corrected chi connectivity index (χ4v) is 8.11. The highest BCUT2D eigenvalue weighted by atomic mass is 32.2. The molecule has 0 fully saturated rings. The molecule has 0 atom stereocenters. The molecule has 19 heteroatoms. The van der Waals surface area contributed by atoms with Crippen molar-refractivity contribution < 1.29 is 53.9 Å². The Morgan fingerprint density at radius 2 is 0.878 bits per heavy atom. The van der Waals surface area contributed by atoms with E-state index in [9.17, 15) is 35.5 Å². The highest BCUT2D eigenvalue weighted by Crippen LogP contribution is 2.24. The molecular formula is C30H24N6O10S3. The molecule has 0 spiro atoms. The normalized spacial score (nSPS) is 12.2.